The largest absolute Gasteiger partial charge is 0.356 e. The van der Waals surface area contributed by atoms with E-state index in [4.69, 9.17) is 0 Å². The lowest BCUT2D eigenvalue weighted by Gasteiger charge is -2.21. The Bertz CT molecular complexity index is 490. The Morgan fingerprint density at radius 2 is 2.17 bits per heavy atom. The summed E-state index contributed by atoms with van der Waals surface area (Å²) in [6.07, 6.45) is 6.59. The zero-order valence-electron chi connectivity index (χ0n) is 14.1. The molecule has 0 aliphatic carbocycles. The molecule has 5 heteroatoms. The minimum Gasteiger partial charge on any atom is -0.356 e. The number of hydrogen-bond acceptors (Lipinski definition) is 2. The number of hydrogen-bond donors (Lipinski definition) is 1. The summed E-state index contributed by atoms with van der Waals surface area (Å²) < 4.78 is 0. The molecular formula is C18H28IN3S. The number of allylic oxidation sites excluding steroid dienone is 1. The molecule has 23 heavy (non-hydrogen) atoms. The van der Waals surface area contributed by atoms with E-state index in [1.165, 1.54) is 17.1 Å². The Morgan fingerprint density at radius 1 is 1.39 bits per heavy atom. The molecule has 1 saturated heterocycles. The van der Waals surface area contributed by atoms with Gasteiger partial charge in [-0.3, -0.25) is 4.99 Å². The monoisotopic (exact) mass is 445 g/mol. The highest BCUT2D eigenvalue weighted by Gasteiger charge is 2.24. The highest BCUT2D eigenvalue weighted by molar-refractivity contribution is 14.0. The molecule has 3 nitrogen and oxygen atoms in total. The molecule has 1 heterocycles. The summed E-state index contributed by atoms with van der Waals surface area (Å²) in [6.45, 7) is 5.24. The fourth-order valence-corrected chi connectivity index (χ4v) is 3.71. The van der Waals surface area contributed by atoms with Gasteiger partial charge in [0.1, 0.15) is 0 Å². The lowest BCUT2D eigenvalue weighted by atomic mass is 10.2. The zero-order valence-corrected chi connectivity index (χ0v) is 17.2. The number of thioether (sulfide) groups is 1. The van der Waals surface area contributed by atoms with Crippen molar-refractivity contribution in [1.82, 2.24) is 10.2 Å². The molecule has 0 saturated carbocycles. The summed E-state index contributed by atoms with van der Waals surface area (Å²) in [7, 11) is 1.88. The number of nitrogens with zero attached hydrogens (tertiary/aromatic N) is 2. The number of likely N-dealkylation sites (tertiary alicyclic amines) is 1. The van der Waals surface area contributed by atoms with Gasteiger partial charge in [0.2, 0.25) is 0 Å². The van der Waals surface area contributed by atoms with Gasteiger partial charge in [-0.1, -0.05) is 30.4 Å². The molecule has 1 fully saturated rings. The summed E-state index contributed by atoms with van der Waals surface area (Å²) in [6, 6.07) is 10.7. The van der Waals surface area contributed by atoms with Crippen LogP contribution in [0.15, 0.2) is 52.4 Å². The average molecular weight is 445 g/mol. The predicted molar refractivity (Wildman–Crippen MR) is 113 cm³/mol. The maximum absolute atomic E-state index is 4.42. The average Bonchev–Trinajstić information content (AvgIpc) is 3.03. The van der Waals surface area contributed by atoms with Gasteiger partial charge in [0.05, 0.1) is 0 Å². The summed E-state index contributed by atoms with van der Waals surface area (Å²) in [5, 5.41) is 3.46. The first kappa shape index (κ1) is 20.4. The van der Waals surface area contributed by atoms with Crippen LogP contribution in [0, 0.1) is 5.92 Å². The minimum absolute atomic E-state index is 0. The van der Waals surface area contributed by atoms with E-state index in [2.05, 4.69) is 64.6 Å². The third kappa shape index (κ3) is 7.16. The fourth-order valence-electron chi connectivity index (χ4n) is 2.66. The van der Waals surface area contributed by atoms with E-state index in [1.807, 2.05) is 18.8 Å². The quantitative estimate of drug-likeness (QED) is 0.177. The molecule has 1 atom stereocenters. The summed E-state index contributed by atoms with van der Waals surface area (Å²) in [5.74, 6) is 2.99. The number of rotatable bonds is 6. The molecule has 128 valence electrons. The van der Waals surface area contributed by atoms with Gasteiger partial charge in [0, 0.05) is 37.3 Å². The molecule has 1 aromatic rings. The first-order valence-electron chi connectivity index (χ1n) is 8.08. The third-order valence-electron chi connectivity index (χ3n) is 3.86. The van der Waals surface area contributed by atoms with Crippen molar-refractivity contribution in [3.63, 3.8) is 0 Å². The van der Waals surface area contributed by atoms with Crippen molar-refractivity contribution in [2.75, 3.05) is 32.4 Å². The molecule has 1 aromatic carbocycles. The number of benzene rings is 1. The Labute approximate surface area is 162 Å². The van der Waals surface area contributed by atoms with Crippen molar-refractivity contribution in [1.29, 1.82) is 0 Å². The molecule has 0 bridgehead atoms. The SMILES string of the molecule is C/C=C/CCNC(=NC)N1CCC(CSc2ccccc2)C1.I. The van der Waals surface area contributed by atoms with Crippen molar-refractivity contribution < 1.29 is 0 Å². The number of aliphatic imine (C=N–C) groups is 1. The number of guanidine groups is 1. The van der Waals surface area contributed by atoms with Crippen LogP contribution in [0.1, 0.15) is 19.8 Å². The summed E-state index contributed by atoms with van der Waals surface area (Å²) in [5.41, 5.74) is 0. The number of nitrogens with one attached hydrogen (secondary N) is 1. The maximum atomic E-state index is 4.42. The second-order valence-electron chi connectivity index (χ2n) is 5.56. The van der Waals surface area contributed by atoms with Crippen LogP contribution >= 0.6 is 35.7 Å². The second kappa shape index (κ2) is 11.8. The van der Waals surface area contributed by atoms with Gasteiger partial charge in [-0.15, -0.1) is 35.7 Å². The first-order valence-corrected chi connectivity index (χ1v) is 9.06. The molecule has 1 aliphatic rings. The Morgan fingerprint density at radius 3 is 2.87 bits per heavy atom. The minimum atomic E-state index is 0. The molecule has 1 aliphatic heterocycles. The molecule has 2 rings (SSSR count). The molecule has 0 radical (unpaired) electrons. The van der Waals surface area contributed by atoms with Crippen LogP contribution in [-0.2, 0) is 0 Å². The van der Waals surface area contributed by atoms with Crippen LogP contribution in [-0.4, -0.2) is 43.3 Å². The molecular weight excluding hydrogens is 417 g/mol. The van der Waals surface area contributed by atoms with Crippen molar-refractivity contribution >= 4 is 41.7 Å². The Hall–Kier alpha value is -0.690. The second-order valence-corrected chi connectivity index (χ2v) is 6.65. The highest BCUT2D eigenvalue weighted by Crippen LogP contribution is 2.25. The van der Waals surface area contributed by atoms with Crippen LogP contribution in [0.4, 0.5) is 0 Å². The van der Waals surface area contributed by atoms with Crippen molar-refractivity contribution in [2.24, 2.45) is 10.9 Å². The van der Waals surface area contributed by atoms with Gasteiger partial charge in [-0.2, -0.15) is 0 Å². The van der Waals surface area contributed by atoms with E-state index in [9.17, 15) is 0 Å². The smallest absolute Gasteiger partial charge is 0.193 e. The van der Waals surface area contributed by atoms with Gasteiger partial charge >= 0.3 is 0 Å². The predicted octanol–water partition coefficient (Wildman–Crippen LogP) is 4.26. The van der Waals surface area contributed by atoms with Crippen LogP contribution in [0.2, 0.25) is 0 Å². The summed E-state index contributed by atoms with van der Waals surface area (Å²) in [4.78, 5) is 8.19. The van der Waals surface area contributed by atoms with Crippen molar-refractivity contribution in [3.05, 3.63) is 42.5 Å². The van der Waals surface area contributed by atoms with E-state index in [1.54, 1.807) is 0 Å². The van der Waals surface area contributed by atoms with Crippen LogP contribution in [0.25, 0.3) is 0 Å². The van der Waals surface area contributed by atoms with Crippen molar-refractivity contribution in [2.45, 2.75) is 24.7 Å². The Kier molecular flexibility index (Phi) is 10.4. The normalized spacial score (nSPS) is 18.3. The van der Waals surface area contributed by atoms with E-state index in [0.717, 1.165) is 37.9 Å². The number of halogens is 1. The van der Waals surface area contributed by atoms with E-state index < -0.39 is 0 Å². The molecule has 0 amide bonds. The van der Waals surface area contributed by atoms with Crippen molar-refractivity contribution in [3.8, 4) is 0 Å². The fraction of sp³-hybridized carbons (Fsp3) is 0.500. The maximum Gasteiger partial charge on any atom is 0.193 e. The Balaban J connectivity index is 0.00000264. The van der Waals surface area contributed by atoms with Gasteiger partial charge < -0.3 is 10.2 Å². The molecule has 1 unspecified atom stereocenters. The topological polar surface area (TPSA) is 27.6 Å². The van der Waals surface area contributed by atoms with Crippen LogP contribution in [0.5, 0.6) is 0 Å². The van der Waals surface area contributed by atoms with Gasteiger partial charge in [-0.05, 0) is 37.8 Å². The van der Waals surface area contributed by atoms with E-state index >= 15 is 0 Å². The van der Waals surface area contributed by atoms with E-state index in [0.29, 0.717) is 0 Å². The molecule has 1 N–H and O–H groups in total. The van der Waals surface area contributed by atoms with Crippen LogP contribution < -0.4 is 5.32 Å². The molecule has 0 spiro atoms. The van der Waals surface area contributed by atoms with E-state index in [-0.39, 0.29) is 24.0 Å². The summed E-state index contributed by atoms with van der Waals surface area (Å²) >= 11 is 1.97. The molecule has 0 aromatic heterocycles. The lowest BCUT2D eigenvalue weighted by Crippen LogP contribution is -2.40. The third-order valence-corrected chi connectivity index (χ3v) is 5.10. The van der Waals surface area contributed by atoms with Crippen LogP contribution in [0.3, 0.4) is 0 Å². The highest BCUT2D eigenvalue weighted by atomic mass is 127. The van der Waals surface area contributed by atoms with Gasteiger partial charge in [0.15, 0.2) is 5.96 Å². The lowest BCUT2D eigenvalue weighted by molar-refractivity contribution is 0.475. The standard InChI is InChI=1S/C18H27N3S.HI/c1-3-4-8-12-20-18(19-2)21-13-11-16(14-21)15-22-17-9-6-5-7-10-17;/h3-7,9-10,16H,8,11-15H2,1-2H3,(H,19,20);1H/b4-3+;. The van der Waals surface area contributed by atoms with Gasteiger partial charge in [-0.25, -0.2) is 0 Å². The first-order chi connectivity index (χ1) is 10.8. The zero-order chi connectivity index (χ0) is 15.6. The van der Waals surface area contributed by atoms with Gasteiger partial charge in [0.25, 0.3) is 0 Å².